The molecule has 1 atom stereocenters. The molecule has 0 heterocycles. The average Bonchev–Trinajstić information content (AvgIpc) is 2.17. The van der Waals surface area contributed by atoms with E-state index < -0.39 is 0 Å². The quantitative estimate of drug-likeness (QED) is 0.781. The molecule has 0 amide bonds. The third-order valence-electron chi connectivity index (χ3n) is 2.40. The lowest BCUT2D eigenvalue weighted by atomic mass is 9.99. The van der Waals surface area contributed by atoms with E-state index in [0.717, 1.165) is 16.0 Å². The summed E-state index contributed by atoms with van der Waals surface area (Å²) >= 11 is 1.64. The number of thioether (sulfide) groups is 1. The SMILES string of the molecule is CSc1cc(C(C)CN)c(F)cc1C. The van der Waals surface area contributed by atoms with E-state index in [2.05, 4.69) is 0 Å². The Hall–Kier alpha value is -0.540. The molecular formula is C11H16FNS. The Labute approximate surface area is 88.9 Å². The summed E-state index contributed by atoms with van der Waals surface area (Å²) in [5.41, 5.74) is 7.24. The molecule has 0 radical (unpaired) electrons. The molecule has 1 unspecified atom stereocenters. The highest BCUT2D eigenvalue weighted by Crippen LogP contribution is 2.27. The summed E-state index contributed by atoms with van der Waals surface area (Å²) in [7, 11) is 0. The Morgan fingerprint density at radius 2 is 2.14 bits per heavy atom. The predicted molar refractivity (Wildman–Crippen MR) is 60.4 cm³/mol. The van der Waals surface area contributed by atoms with Gasteiger partial charge in [0.1, 0.15) is 5.82 Å². The molecule has 0 spiro atoms. The van der Waals surface area contributed by atoms with Gasteiger partial charge in [-0.1, -0.05) is 6.92 Å². The van der Waals surface area contributed by atoms with E-state index >= 15 is 0 Å². The fourth-order valence-corrected chi connectivity index (χ4v) is 2.02. The Morgan fingerprint density at radius 1 is 1.50 bits per heavy atom. The van der Waals surface area contributed by atoms with Gasteiger partial charge in [-0.3, -0.25) is 0 Å². The van der Waals surface area contributed by atoms with E-state index in [0.29, 0.717) is 6.54 Å². The Kier molecular flexibility index (Phi) is 3.96. The summed E-state index contributed by atoms with van der Waals surface area (Å²) in [4.78, 5) is 1.13. The first-order valence-corrected chi connectivity index (χ1v) is 5.86. The van der Waals surface area contributed by atoms with E-state index in [9.17, 15) is 4.39 Å². The number of nitrogens with two attached hydrogens (primary N) is 1. The average molecular weight is 213 g/mol. The second-order valence-electron chi connectivity index (χ2n) is 3.48. The molecule has 1 aromatic rings. The number of benzene rings is 1. The number of aryl methyl sites for hydroxylation is 1. The van der Waals surface area contributed by atoms with Gasteiger partial charge >= 0.3 is 0 Å². The first-order valence-electron chi connectivity index (χ1n) is 4.64. The van der Waals surface area contributed by atoms with Crippen molar-refractivity contribution in [2.75, 3.05) is 12.8 Å². The van der Waals surface area contributed by atoms with Crippen molar-refractivity contribution in [3.8, 4) is 0 Å². The van der Waals surface area contributed by atoms with Crippen LogP contribution in [0.2, 0.25) is 0 Å². The molecule has 0 aromatic heterocycles. The van der Waals surface area contributed by atoms with Crippen molar-refractivity contribution in [2.45, 2.75) is 24.7 Å². The van der Waals surface area contributed by atoms with Crippen LogP contribution in [0, 0.1) is 12.7 Å². The van der Waals surface area contributed by atoms with Gasteiger partial charge in [0, 0.05) is 4.90 Å². The molecule has 0 bridgehead atoms. The van der Waals surface area contributed by atoms with Crippen LogP contribution in [0.3, 0.4) is 0 Å². The minimum atomic E-state index is -0.141. The molecule has 3 heteroatoms. The molecule has 0 saturated heterocycles. The fourth-order valence-electron chi connectivity index (χ4n) is 1.39. The van der Waals surface area contributed by atoms with Crippen molar-refractivity contribution >= 4 is 11.8 Å². The van der Waals surface area contributed by atoms with Gasteiger partial charge in [0.15, 0.2) is 0 Å². The van der Waals surface area contributed by atoms with Gasteiger partial charge in [0.2, 0.25) is 0 Å². The van der Waals surface area contributed by atoms with Crippen molar-refractivity contribution in [3.05, 3.63) is 29.1 Å². The number of hydrogen-bond acceptors (Lipinski definition) is 2. The number of halogens is 1. The number of rotatable bonds is 3. The van der Waals surface area contributed by atoms with Crippen molar-refractivity contribution in [1.29, 1.82) is 0 Å². The predicted octanol–water partition coefficient (Wildman–Crippen LogP) is 2.92. The summed E-state index contributed by atoms with van der Waals surface area (Å²) in [5.74, 6) is -0.0558. The lowest BCUT2D eigenvalue weighted by molar-refractivity contribution is 0.587. The third-order valence-corrected chi connectivity index (χ3v) is 3.28. The van der Waals surface area contributed by atoms with Crippen LogP contribution in [0.15, 0.2) is 17.0 Å². The van der Waals surface area contributed by atoms with E-state index in [1.165, 1.54) is 0 Å². The van der Waals surface area contributed by atoms with E-state index in [1.807, 2.05) is 26.2 Å². The topological polar surface area (TPSA) is 26.0 Å². The van der Waals surface area contributed by atoms with Crippen LogP contribution in [-0.2, 0) is 0 Å². The summed E-state index contributed by atoms with van der Waals surface area (Å²) < 4.78 is 13.5. The normalized spacial score (nSPS) is 12.9. The molecule has 14 heavy (non-hydrogen) atoms. The molecule has 1 aromatic carbocycles. The Bertz CT molecular complexity index is 325. The molecule has 78 valence electrons. The summed E-state index contributed by atoms with van der Waals surface area (Å²) in [6, 6.07) is 3.50. The van der Waals surface area contributed by atoms with Gasteiger partial charge in [0.25, 0.3) is 0 Å². The standard InChI is InChI=1S/C11H16FNS/c1-7-4-10(12)9(8(2)6-13)5-11(7)14-3/h4-5,8H,6,13H2,1-3H3. The zero-order valence-electron chi connectivity index (χ0n) is 8.80. The van der Waals surface area contributed by atoms with Crippen LogP contribution in [0.25, 0.3) is 0 Å². The molecule has 1 nitrogen and oxygen atoms in total. The Morgan fingerprint density at radius 3 is 2.64 bits per heavy atom. The highest BCUT2D eigenvalue weighted by molar-refractivity contribution is 7.98. The van der Waals surface area contributed by atoms with Crippen LogP contribution in [-0.4, -0.2) is 12.8 Å². The smallest absolute Gasteiger partial charge is 0.127 e. The molecule has 2 N–H and O–H groups in total. The van der Waals surface area contributed by atoms with Crippen molar-refractivity contribution < 1.29 is 4.39 Å². The fraction of sp³-hybridized carbons (Fsp3) is 0.455. The molecule has 0 aliphatic rings. The number of hydrogen-bond donors (Lipinski definition) is 1. The highest BCUT2D eigenvalue weighted by atomic mass is 32.2. The van der Waals surface area contributed by atoms with Crippen molar-refractivity contribution in [3.63, 3.8) is 0 Å². The zero-order valence-corrected chi connectivity index (χ0v) is 9.62. The van der Waals surface area contributed by atoms with Crippen LogP contribution in [0.4, 0.5) is 4.39 Å². The molecule has 1 rings (SSSR count). The first-order chi connectivity index (χ1) is 6.60. The monoisotopic (exact) mass is 213 g/mol. The molecule has 0 fully saturated rings. The van der Waals surface area contributed by atoms with Gasteiger partial charge in [-0.2, -0.15) is 0 Å². The lowest BCUT2D eigenvalue weighted by Crippen LogP contribution is -2.10. The second kappa shape index (κ2) is 4.80. The van der Waals surface area contributed by atoms with Crippen LogP contribution >= 0.6 is 11.8 Å². The molecular weight excluding hydrogens is 197 g/mol. The van der Waals surface area contributed by atoms with E-state index in [1.54, 1.807) is 17.8 Å². The van der Waals surface area contributed by atoms with Gasteiger partial charge in [0.05, 0.1) is 0 Å². The summed E-state index contributed by atoms with van der Waals surface area (Å²) in [5, 5.41) is 0. The lowest BCUT2D eigenvalue weighted by Gasteiger charge is -2.13. The zero-order chi connectivity index (χ0) is 10.7. The van der Waals surface area contributed by atoms with Gasteiger partial charge < -0.3 is 5.73 Å². The maximum Gasteiger partial charge on any atom is 0.127 e. The van der Waals surface area contributed by atoms with Crippen LogP contribution in [0.1, 0.15) is 24.0 Å². The minimum absolute atomic E-state index is 0.0847. The van der Waals surface area contributed by atoms with Gasteiger partial charge in [-0.05, 0) is 48.9 Å². The maximum atomic E-state index is 13.5. The second-order valence-corrected chi connectivity index (χ2v) is 4.33. The van der Waals surface area contributed by atoms with Gasteiger partial charge in [-0.15, -0.1) is 11.8 Å². The maximum absolute atomic E-state index is 13.5. The molecule has 0 saturated carbocycles. The van der Waals surface area contributed by atoms with Crippen molar-refractivity contribution in [1.82, 2.24) is 0 Å². The van der Waals surface area contributed by atoms with E-state index in [4.69, 9.17) is 5.73 Å². The first kappa shape index (κ1) is 11.5. The van der Waals surface area contributed by atoms with E-state index in [-0.39, 0.29) is 11.7 Å². The third kappa shape index (κ3) is 2.28. The highest BCUT2D eigenvalue weighted by Gasteiger charge is 2.11. The molecule has 0 aliphatic heterocycles. The van der Waals surface area contributed by atoms with Gasteiger partial charge in [-0.25, -0.2) is 4.39 Å². The summed E-state index contributed by atoms with van der Waals surface area (Å²) in [6.07, 6.45) is 2.00. The van der Waals surface area contributed by atoms with Crippen LogP contribution in [0.5, 0.6) is 0 Å². The summed E-state index contributed by atoms with van der Waals surface area (Å²) in [6.45, 7) is 4.34. The minimum Gasteiger partial charge on any atom is -0.330 e. The van der Waals surface area contributed by atoms with Crippen molar-refractivity contribution in [2.24, 2.45) is 5.73 Å². The Balaban J connectivity index is 3.17. The van der Waals surface area contributed by atoms with Crippen LogP contribution < -0.4 is 5.73 Å². The largest absolute Gasteiger partial charge is 0.330 e. The molecule has 0 aliphatic carbocycles.